The van der Waals surface area contributed by atoms with E-state index in [0.717, 1.165) is 11.4 Å². The minimum Gasteiger partial charge on any atom is -0.375 e. The van der Waals surface area contributed by atoms with Gasteiger partial charge in [0.1, 0.15) is 0 Å². The van der Waals surface area contributed by atoms with Crippen LogP contribution in [0.15, 0.2) is 12.1 Å². The van der Waals surface area contributed by atoms with Gasteiger partial charge in [-0.05, 0) is 24.0 Å². The van der Waals surface area contributed by atoms with E-state index in [1.165, 1.54) is 0 Å². The summed E-state index contributed by atoms with van der Waals surface area (Å²) in [5.41, 5.74) is 2.96. The maximum atomic E-state index is 13.0. The quantitative estimate of drug-likeness (QED) is 0.702. The molecule has 0 aromatic carbocycles. The molecule has 0 bridgehead atoms. The number of carbonyl (C=O) groups excluding carboxylic acids is 2. The van der Waals surface area contributed by atoms with E-state index in [2.05, 4.69) is 9.97 Å². The molecular weight excluding hydrogens is 332 g/mol. The molecule has 1 aliphatic carbocycles. The maximum Gasteiger partial charge on any atom is 0.212 e. The largest absolute Gasteiger partial charge is 0.375 e. The van der Waals surface area contributed by atoms with Crippen molar-refractivity contribution in [3.8, 4) is 0 Å². The maximum absolute atomic E-state index is 13.0. The number of hydrogen-bond acceptors (Lipinski definition) is 4. The van der Waals surface area contributed by atoms with Gasteiger partial charge in [0.15, 0.2) is 0 Å². The Morgan fingerprint density at radius 3 is 1.35 bits per heavy atom. The Balaban J connectivity index is 2.04. The molecule has 2 heterocycles. The molecule has 0 unspecified atom stereocenters. The molecule has 0 spiro atoms. The van der Waals surface area contributed by atoms with Gasteiger partial charge in [0.25, 0.3) is 0 Å². The second-order valence-corrected chi connectivity index (χ2v) is 7.49. The van der Waals surface area contributed by atoms with Crippen molar-refractivity contribution in [2.45, 2.75) is 39.9 Å². The lowest BCUT2D eigenvalue weighted by atomic mass is 9.93. The van der Waals surface area contributed by atoms with Gasteiger partial charge < -0.3 is 19.4 Å². The van der Waals surface area contributed by atoms with Gasteiger partial charge in [-0.25, -0.2) is 0 Å². The summed E-state index contributed by atoms with van der Waals surface area (Å²) >= 11 is 0. The molecule has 0 aliphatic heterocycles. The van der Waals surface area contributed by atoms with Gasteiger partial charge in [-0.3, -0.25) is 9.59 Å². The second-order valence-electron chi connectivity index (χ2n) is 7.49. The Morgan fingerprint density at radius 1 is 0.731 bits per heavy atom. The lowest BCUT2D eigenvalue weighted by Gasteiger charge is -2.17. The fourth-order valence-corrected chi connectivity index (χ4v) is 3.76. The first-order valence-electron chi connectivity index (χ1n) is 8.90. The first-order valence-corrected chi connectivity index (χ1v) is 8.90. The number of aromatic nitrogens is 2. The summed E-state index contributed by atoms with van der Waals surface area (Å²) in [5, 5.41) is 0. The van der Waals surface area contributed by atoms with Gasteiger partial charge in [0.2, 0.25) is 11.6 Å². The first kappa shape index (κ1) is 18.6. The van der Waals surface area contributed by atoms with E-state index < -0.39 is 0 Å². The molecule has 0 radical (unpaired) electrons. The zero-order valence-electron chi connectivity index (χ0n) is 16.1. The van der Waals surface area contributed by atoms with Crippen LogP contribution in [0.2, 0.25) is 0 Å². The van der Waals surface area contributed by atoms with Gasteiger partial charge in [0.05, 0.1) is 34.7 Å². The average Bonchev–Trinajstić information content (AvgIpc) is 3.19. The van der Waals surface area contributed by atoms with E-state index in [0.29, 0.717) is 22.5 Å². The predicted octanol–water partition coefficient (Wildman–Crippen LogP) is 3.81. The van der Waals surface area contributed by atoms with Gasteiger partial charge in [-0.2, -0.15) is 0 Å². The van der Waals surface area contributed by atoms with Crippen molar-refractivity contribution >= 4 is 11.6 Å². The second kappa shape index (κ2) is 6.85. The van der Waals surface area contributed by atoms with Gasteiger partial charge in [0, 0.05) is 25.6 Å². The van der Waals surface area contributed by atoms with Crippen LogP contribution in [0.5, 0.6) is 0 Å². The first-order chi connectivity index (χ1) is 12.3. The number of ether oxygens (including phenoxy) is 2. The number of carbonyl (C=O) groups is 2. The summed E-state index contributed by atoms with van der Waals surface area (Å²) in [5.74, 6) is 0.0626. The Kier molecular flexibility index (Phi) is 4.90. The van der Waals surface area contributed by atoms with Crippen molar-refractivity contribution in [2.24, 2.45) is 11.8 Å². The molecule has 6 nitrogen and oxygen atoms in total. The third kappa shape index (κ3) is 2.83. The van der Waals surface area contributed by atoms with Crippen LogP contribution >= 0.6 is 0 Å². The summed E-state index contributed by atoms with van der Waals surface area (Å²) in [6, 6.07) is 3.48. The lowest BCUT2D eigenvalue weighted by molar-refractivity contribution is 0.0614. The van der Waals surface area contributed by atoms with E-state index in [9.17, 15) is 9.59 Å². The monoisotopic (exact) mass is 358 g/mol. The zero-order valence-corrected chi connectivity index (χ0v) is 16.1. The van der Waals surface area contributed by atoms with Crippen LogP contribution in [0.4, 0.5) is 0 Å². The molecule has 2 aromatic rings. The molecule has 0 fully saturated rings. The number of H-pyrrole nitrogens is 2. The van der Waals surface area contributed by atoms with Gasteiger partial charge in [-0.1, -0.05) is 27.7 Å². The lowest BCUT2D eigenvalue weighted by Crippen LogP contribution is -2.19. The fourth-order valence-electron chi connectivity index (χ4n) is 3.76. The molecule has 2 atom stereocenters. The zero-order chi connectivity index (χ0) is 19.2. The third-order valence-corrected chi connectivity index (χ3v) is 4.95. The van der Waals surface area contributed by atoms with Crippen LogP contribution in [0.3, 0.4) is 0 Å². The van der Waals surface area contributed by atoms with Gasteiger partial charge in [-0.15, -0.1) is 0 Å². The van der Waals surface area contributed by atoms with Crippen LogP contribution in [0, 0.1) is 11.8 Å². The average molecular weight is 358 g/mol. The summed E-state index contributed by atoms with van der Waals surface area (Å²) in [7, 11) is 3.25. The topological polar surface area (TPSA) is 84.2 Å². The fraction of sp³-hybridized carbons (Fsp3) is 0.500. The highest BCUT2D eigenvalue weighted by Crippen LogP contribution is 2.34. The van der Waals surface area contributed by atoms with Crippen molar-refractivity contribution in [1.82, 2.24) is 9.97 Å². The SMILES string of the molecule is CO[C@@H](c1cc2c([nH]1)C(=O)c1cc([C@H](OC)C(C)C)[nH]c1C2=O)C(C)C. The number of aromatic amines is 2. The van der Waals surface area contributed by atoms with Crippen LogP contribution < -0.4 is 0 Å². The highest BCUT2D eigenvalue weighted by atomic mass is 16.5. The Hall–Kier alpha value is -2.18. The predicted molar refractivity (Wildman–Crippen MR) is 97.6 cm³/mol. The van der Waals surface area contributed by atoms with E-state index in [-0.39, 0.29) is 35.6 Å². The molecule has 140 valence electrons. The molecule has 2 N–H and O–H groups in total. The Bertz CT molecular complexity index is 727. The van der Waals surface area contributed by atoms with E-state index in [1.54, 1.807) is 26.4 Å². The summed E-state index contributed by atoms with van der Waals surface area (Å²) in [6.45, 7) is 8.12. The molecule has 6 heteroatoms. The van der Waals surface area contributed by atoms with E-state index >= 15 is 0 Å². The molecule has 0 saturated carbocycles. The van der Waals surface area contributed by atoms with Crippen molar-refractivity contribution < 1.29 is 19.1 Å². The van der Waals surface area contributed by atoms with E-state index in [1.807, 2.05) is 27.7 Å². The normalized spacial score (nSPS) is 16.2. The molecular formula is C20H26N2O4. The van der Waals surface area contributed by atoms with Crippen molar-refractivity contribution in [1.29, 1.82) is 0 Å². The minimum absolute atomic E-state index is 0.180. The smallest absolute Gasteiger partial charge is 0.212 e. The molecule has 3 rings (SSSR count). The standard InChI is InChI=1S/C20H26N2O4/c1-9(2)19(25-5)13-7-11-15(21-13)18(24)12-8-14(20(26-6)10(3)4)22-16(12)17(11)23/h7-10,19-22H,1-6H3/t19-,20-/m1/s1. The Labute approximate surface area is 153 Å². The highest BCUT2D eigenvalue weighted by molar-refractivity contribution is 6.27. The van der Waals surface area contributed by atoms with Crippen molar-refractivity contribution in [2.75, 3.05) is 14.2 Å². The third-order valence-electron chi connectivity index (χ3n) is 4.95. The number of hydrogen-bond donors (Lipinski definition) is 2. The van der Waals surface area contributed by atoms with Crippen molar-refractivity contribution in [3.63, 3.8) is 0 Å². The molecule has 0 saturated heterocycles. The van der Waals surface area contributed by atoms with Gasteiger partial charge >= 0.3 is 0 Å². The molecule has 2 aromatic heterocycles. The highest BCUT2D eigenvalue weighted by Gasteiger charge is 2.36. The summed E-state index contributed by atoms with van der Waals surface area (Å²) in [4.78, 5) is 32.2. The van der Waals surface area contributed by atoms with Crippen LogP contribution in [-0.2, 0) is 9.47 Å². The number of methoxy groups -OCH3 is 2. The van der Waals surface area contributed by atoms with Crippen LogP contribution in [-0.4, -0.2) is 35.8 Å². The number of rotatable bonds is 6. The van der Waals surface area contributed by atoms with Crippen LogP contribution in [0.1, 0.15) is 83.4 Å². The molecule has 26 heavy (non-hydrogen) atoms. The summed E-state index contributed by atoms with van der Waals surface area (Å²) in [6.07, 6.45) is -0.400. The minimum atomic E-state index is -0.200. The van der Waals surface area contributed by atoms with E-state index in [4.69, 9.17) is 9.47 Å². The number of nitrogens with one attached hydrogen (secondary N) is 2. The molecule has 1 aliphatic rings. The van der Waals surface area contributed by atoms with Crippen LogP contribution in [0.25, 0.3) is 0 Å². The Morgan fingerprint density at radius 2 is 1.08 bits per heavy atom. The number of fused-ring (bicyclic) bond motifs is 2. The number of ketones is 2. The summed E-state index contributed by atoms with van der Waals surface area (Å²) < 4.78 is 11.0. The molecule has 0 amide bonds. The van der Waals surface area contributed by atoms with Crippen molar-refractivity contribution in [3.05, 3.63) is 46.0 Å².